The molecule has 0 aliphatic rings. The lowest BCUT2D eigenvalue weighted by atomic mass is 9.74. The molecule has 0 spiro atoms. The van der Waals surface area contributed by atoms with Crippen molar-refractivity contribution in [1.82, 2.24) is 18.3 Å². The first-order valence-electron chi connectivity index (χ1n) is 31.5. The van der Waals surface area contributed by atoms with Crippen LogP contribution in [0.2, 0.25) is 0 Å². The molecule has 0 radical (unpaired) electrons. The van der Waals surface area contributed by atoms with Crippen LogP contribution in [0.3, 0.4) is 0 Å². The van der Waals surface area contributed by atoms with Crippen molar-refractivity contribution in [1.29, 1.82) is 0 Å². The van der Waals surface area contributed by atoms with Gasteiger partial charge >= 0.3 is 0 Å². The first-order chi connectivity index (χ1) is 45.0. The zero-order valence-corrected chi connectivity index (χ0v) is 52.4. The quantitative estimate of drug-likeness (QED) is 0.144. The Kier molecular flexibility index (Phi) is 11.2. The lowest BCUT2D eigenvalue weighted by molar-refractivity contribution is 0.455. The summed E-state index contributed by atoms with van der Waals surface area (Å²) < 4.78 is 49.8. The van der Waals surface area contributed by atoms with Crippen LogP contribution in [0, 0.1) is 11.6 Å². The molecule has 0 bridgehead atoms. The summed E-state index contributed by atoms with van der Waals surface area (Å²) in [6.45, 7) is 9.43. The van der Waals surface area contributed by atoms with E-state index in [1.165, 1.54) is 40.3 Å². The van der Waals surface area contributed by atoms with Crippen molar-refractivity contribution in [2.24, 2.45) is 0 Å². The maximum absolute atomic E-state index is 17.4. The minimum absolute atomic E-state index is 0.364. The fourth-order valence-electron chi connectivity index (χ4n) is 16.5. The van der Waals surface area contributed by atoms with Crippen LogP contribution in [-0.2, 0) is 11.1 Å². The third kappa shape index (κ3) is 7.24. The molecule has 0 amide bonds. The predicted molar refractivity (Wildman–Crippen MR) is 387 cm³/mol. The van der Waals surface area contributed by atoms with Gasteiger partial charge in [0.15, 0.2) is 0 Å². The minimum atomic E-state index is -1.05. The van der Waals surface area contributed by atoms with Crippen LogP contribution in [0.5, 0.6) is 0 Å². The third-order valence-corrected chi connectivity index (χ3v) is 22.2. The van der Waals surface area contributed by atoms with Gasteiger partial charge in [0.05, 0.1) is 44.5 Å². The molecular formula is C84H56F2N4S2. The Morgan fingerprint density at radius 2 is 0.598 bits per heavy atom. The molecule has 0 fully saturated rings. The summed E-state index contributed by atoms with van der Waals surface area (Å²) in [5, 5.41) is 13.8. The summed E-state index contributed by atoms with van der Waals surface area (Å²) >= 11 is 3.64. The van der Waals surface area contributed by atoms with Gasteiger partial charge in [-0.25, -0.2) is 8.78 Å². The van der Waals surface area contributed by atoms with Crippen molar-refractivity contribution >= 4 is 150 Å². The van der Waals surface area contributed by atoms with Gasteiger partial charge in [0.2, 0.25) is 0 Å². The molecule has 0 unspecified atom stereocenters. The number of hydrogen-bond acceptors (Lipinski definition) is 2. The second-order valence-electron chi connectivity index (χ2n) is 25.6. The van der Waals surface area contributed by atoms with Crippen LogP contribution >= 0.6 is 22.7 Å². The number of halogens is 2. The van der Waals surface area contributed by atoms with E-state index in [0.29, 0.717) is 11.1 Å². The van der Waals surface area contributed by atoms with E-state index in [4.69, 9.17) is 0 Å². The molecule has 4 nitrogen and oxygen atoms in total. The maximum Gasteiger partial charge on any atom is 0.123 e. The molecule has 19 rings (SSSR count). The molecule has 0 aliphatic carbocycles. The van der Waals surface area contributed by atoms with Crippen LogP contribution in [0.15, 0.2) is 267 Å². The Balaban J connectivity index is 1.16. The standard InChI is InChI=1S/C84H56F2N4S2/c1-83(2,89-63-37-15-5-27-53(63)54-28-6-16-38-64(54)89)79-73(49-23-21-25-51(85)47-49)81(87-61-35-13-9-31-57(61)75-67(87)43-45-71-77(75)59-33-11-19-41-69(59)91-71)80(84(3,4)90-65-39-17-7-29-55(65)56-30-8-18-40-66(56)90)82(74(79)50-24-22-26-52(86)48-50)88-62-36-14-10-32-58(62)76-68(88)44-46-72-78(76)60-34-12-20-42-70(60)92-72/h5-48H,1-4H3. The number of aromatic nitrogens is 4. The highest BCUT2D eigenvalue weighted by Gasteiger charge is 2.44. The summed E-state index contributed by atoms with van der Waals surface area (Å²) in [6, 6.07) is 94.1. The van der Waals surface area contributed by atoms with E-state index in [0.717, 1.165) is 121 Å². The molecule has 8 heteroatoms. The molecule has 6 aromatic heterocycles. The monoisotopic (exact) mass is 1220 g/mol. The Morgan fingerprint density at radius 3 is 0.978 bits per heavy atom. The molecule has 0 aliphatic heterocycles. The summed E-state index contributed by atoms with van der Waals surface area (Å²) in [4.78, 5) is 0. The van der Waals surface area contributed by atoms with Gasteiger partial charge in [-0.1, -0.05) is 170 Å². The van der Waals surface area contributed by atoms with Crippen LogP contribution < -0.4 is 0 Å². The predicted octanol–water partition coefficient (Wildman–Crippen LogP) is 24.0. The van der Waals surface area contributed by atoms with E-state index in [2.05, 4.69) is 276 Å². The molecule has 438 valence electrons. The van der Waals surface area contributed by atoms with Crippen molar-refractivity contribution < 1.29 is 8.78 Å². The molecule has 0 saturated heterocycles. The molecule has 6 heterocycles. The van der Waals surface area contributed by atoms with E-state index in [1.807, 2.05) is 34.8 Å². The first-order valence-corrected chi connectivity index (χ1v) is 33.1. The minimum Gasteiger partial charge on any atom is -0.331 e. The van der Waals surface area contributed by atoms with Gasteiger partial charge in [-0.05, 0) is 141 Å². The molecule has 0 saturated carbocycles. The zero-order valence-electron chi connectivity index (χ0n) is 50.8. The van der Waals surface area contributed by atoms with Crippen LogP contribution in [0.1, 0.15) is 38.8 Å². The largest absolute Gasteiger partial charge is 0.331 e. The van der Waals surface area contributed by atoms with Gasteiger partial charge in [-0.2, -0.15) is 0 Å². The number of thiophene rings is 2. The van der Waals surface area contributed by atoms with E-state index in [9.17, 15) is 0 Å². The third-order valence-electron chi connectivity index (χ3n) is 20.0. The normalized spacial score (nSPS) is 12.7. The summed E-state index contributed by atoms with van der Waals surface area (Å²) in [7, 11) is 0. The molecule has 0 atom stereocenters. The van der Waals surface area contributed by atoms with Gasteiger partial charge in [0, 0.05) is 122 Å². The maximum atomic E-state index is 17.4. The molecule has 19 aromatic rings. The fourth-order valence-corrected chi connectivity index (χ4v) is 18.7. The lowest BCUT2D eigenvalue weighted by Gasteiger charge is -2.41. The molecule has 13 aromatic carbocycles. The molecule has 0 N–H and O–H groups in total. The average molecular weight is 1220 g/mol. The van der Waals surface area contributed by atoms with Gasteiger partial charge in [-0.15, -0.1) is 22.7 Å². The van der Waals surface area contributed by atoms with Gasteiger partial charge in [0.1, 0.15) is 11.6 Å². The van der Waals surface area contributed by atoms with Crippen LogP contribution in [0.25, 0.3) is 161 Å². The molecular weight excluding hydrogens is 1170 g/mol. The SMILES string of the molecule is CC(C)(c1c(-c2cccc(F)c2)c(-n2c3ccccc3c3c4c(ccc32)sc2ccccc24)c(C(C)(C)n2c3ccccc3c3ccccc32)c(-n2c3ccccc3c3c4c(ccc32)sc2ccccc24)c1-c1cccc(F)c1)n1c2ccccc2c2ccccc21. The van der Waals surface area contributed by atoms with Crippen LogP contribution in [0.4, 0.5) is 8.78 Å². The van der Waals surface area contributed by atoms with Gasteiger partial charge in [-0.3, -0.25) is 0 Å². The molecule has 92 heavy (non-hydrogen) atoms. The van der Waals surface area contributed by atoms with Crippen molar-refractivity contribution in [3.8, 4) is 33.6 Å². The Hall–Kier alpha value is -10.6. The average Bonchev–Trinajstić information content (AvgIpc) is 1.32. The van der Waals surface area contributed by atoms with Crippen LogP contribution in [-0.4, -0.2) is 18.3 Å². The number of rotatable bonds is 8. The highest BCUT2D eigenvalue weighted by atomic mass is 32.1. The van der Waals surface area contributed by atoms with Crippen molar-refractivity contribution in [2.75, 3.05) is 0 Å². The number of fused-ring (bicyclic) bond motifs is 20. The Labute approximate surface area is 535 Å². The van der Waals surface area contributed by atoms with Crippen molar-refractivity contribution in [3.63, 3.8) is 0 Å². The highest BCUT2D eigenvalue weighted by molar-refractivity contribution is 7.26. The lowest BCUT2D eigenvalue weighted by Crippen LogP contribution is -2.35. The number of nitrogens with zero attached hydrogens (tertiary/aromatic N) is 4. The van der Waals surface area contributed by atoms with E-state index in [1.54, 1.807) is 24.3 Å². The number of para-hydroxylation sites is 6. The van der Waals surface area contributed by atoms with Gasteiger partial charge in [0.25, 0.3) is 0 Å². The summed E-state index contributed by atoms with van der Waals surface area (Å²) in [5.74, 6) is -0.728. The highest BCUT2D eigenvalue weighted by Crippen LogP contribution is 2.58. The fraction of sp³-hybridized carbons (Fsp3) is 0.0714. The second-order valence-corrected chi connectivity index (χ2v) is 27.8. The topological polar surface area (TPSA) is 19.7 Å². The first kappa shape index (κ1) is 53.2. The number of benzene rings is 13. The second kappa shape index (κ2) is 19.4. The summed E-state index contributed by atoms with van der Waals surface area (Å²) in [5.41, 5.74) is 12.8. The van der Waals surface area contributed by atoms with Crippen molar-refractivity contribution in [3.05, 3.63) is 290 Å². The smallest absolute Gasteiger partial charge is 0.123 e. The van der Waals surface area contributed by atoms with E-state index < -0.39 is 11.1 Å². The Morgan fingerprint density at radius 1 is 0.272 bits per heavy atom. The van der Waals surface area contributed by atoms with E-state index in [-0.39, 0.29) is 11.6 Å². The van der Waals surface area contributed by atoms with Gasteiger partial charge < -0.3 is 18.3 Å². The zero-order chi connectivity index (χ0) is 61.5. The summed E-state index contributed by atoms with van der Waals surface area (Å²) in [6.07, 6.45) is 0. The Bertz CT molecular complexity index is 6010. The van der Waals surface area contributed by atoms with E-state index >= 15 is 8.78 Å². The van der Waals surface area contributed by atoms with Crippen molar-refractivity contribution in [2.45, 2.75) is 38.8 Å². The number of hydrogen-bond donors (Lipinski definition) is 0.